The van der Waals surface area contributed by atoms with Gasteiger partial charge in [0.15, 0.2) is 5.84 Å². The lowest BCUT2D eigenvalue weighted by atomic mass is 9.99. The second-order valence-corrected chi connectivity index (χ2v) is 5.30. The molecule has 0 unspecified atom stereocenters. The van der Waals surface area contributed by atoms with E-state index in [2.05, 4.69) is 5.16 Å². The van der Waals surface area contributed by atoms with Crippen molar-refractivity contribution in [2.75, 3.05) is 26.8 Å². The maximum Gasteiger partial charge on any atom is 0.253 e. The molecule has 0 spiro atoms. The second-order valence-electron chi connectivity index (χ2n) is 5.30. The van der Waals surface area contributed by atoms with Gasteiger partial charge in [-0.15, -0.1) is 0 Å². The van der Waals surface area contributed by atoms with Crippen molar-refractivity contribution in [3.63, 3.8) is 0 Å². The minimum absolute atomic E-state index is 0.0208. The van der Waals surface area contributed by atoms with Crippen LogP contribution < -0.4 is 5.73 Å². The molecule has 1 saturated heterocycles. The number of ether oxygens (including phenoxy) is 1. The van der Waals surface area contributed by atoms with Gasteiger partial charge < -0.3 is 20.6 Å². The lowest BCUT2D eigenvalue weighted by Crippen LogP contribution is -2.34. The van der Waals surface area contributed by atoms with Crippen LogP contribution in [0.5, 0.6) is 0 Å². The number of nitrogens with zero attached hydrogens (tertiary/aromatic N) is 2. The largest absolute Gasteiger partial charge is 0.409 e. The predicted octanol–water partition coefficient (Wildman–Crippen LogP) is 1.28. The maximum atomic E-state index is 12.4. The number of amidine groups is 1. The molecule has 1 fully saturated rings. The monoisotopic (exact) mass is 291 g/mol. The minimum atomic E-state index is -0.0208. The highest BCUT2D eigenvalue weighted by atomic mass is 16.5. The number of hydrogen-bond acceptors (Lipinski definition) is 4. The Morgan fingerprint density at radius 1 is 1.33 bits per heavy atom. The Balaban J connectivity index is 1.98. The lowest BCUT2D eigenvalue weighted by Gasteiger charge is -2.27. The number of carbonyl (C=O) groups is 1. The first-order chi connectivity index (χ1) is 10.1. The van der Waals surface area contributed by atoms with E-state index in [1.165, 1.54) is 0 Å². The third kappa shape index (κ3) is 3.95. The molecule has 114 valence electrons. The molecule has 1 aliphatic rings. The zero-order valence-electron chi connectivity index (χ0n) is 12.2. The van der Waals surface area contributed by atoms with Crippen LogP contribution in [0.3, 0.4) is 0 Å². The van der Waals surface area contributed by atoms with Crippen molar-refractivity contribution in [3.05, 3.63) is 35.4 Å². The molecular formula is C15H21N3O3. The fourth-order valence-corrected chi connectivity index (χ4v) is 2.46. The van der Waals surface area contributed by atoms with Crippen LogP contribution in [-0.2, 0) is 4.74 Å². The Labute approximate surface area is 124 Å². The van der Waals surface area contributed by atoms with E-state index in [0.29, 0.717) is 17.0 Å². The second kappa shape index (κ2) is 7.08. The molecule has 1 heterocycles. The van der Waals surface area contributed by atoms with Crippen molar-refractivity contribution >= 4 is 11.7 Å². The van der Waals surface area contributed by atoms with Crippen LogP contribution in [0, 0.1) is 5.92 Å². The first-order valence-electron chi connectivity index (χ1n) is 7.03. The Morgan fingerprint density at radius 2 is 1.90 bits per heavy atom. The number of benzene rings is 1. The van der Waals surface area contributed by atoms with E-state index in [0.717, 1.165) is 32.6 Å². The molecule has 0 bridgehead atoms. The molecule has 2 rings (SSSR count). The van der Waals surface area contributed by atoms with E-state index >= 15 is 0 Å². The van der Waals surface area contributed by atoms with Crippen LogP contribution in [0.25, 0.3) is 0 Å². The van der Waals surface area contributed by atoms with Gasteiger partial charge in [0.25, 0.3) is 5.91 Å². The predicted molar refractivity (Wildman–Crippen MR) is 79.5 cm³/mol. The van der Waals surface area contributed by atoms with Gasteiger partial charge in [0.2, 0.25) is 0 Å². The van der Waals surface area contributed by atoms with Gasteiger partial charge >= 0.3 is 0 Å². The number of hydrogen-bond donors (Lipinski definition) is 2. The summed E-state index contributed by atoms with van der Waals surface area (Å²) in [6.07, 6.45) is 2.00. The number of amides is 1. The minimum Gasteiger partial charge on any atom is -0.409 e. The van der Waals surface area contributed by atoms with Gasteiger partial charge in [-0.25, -0.2) is 0 Å². The van der Waals surface area contributed by atoms with Crippen molar-refractivity contribution in [2.24, 2.45) is 16.8 Å². The fraction of sp³-hybridized carbons (Fsp3) is 0.467. The highest BCUT2D eigenvalue weighted by Crippen LogP contribution is 2.17. The van der Waals surface area contributed by atoms with Gasteiger partial charge in [0, 0.05) is 37.9 Å². The molecular weight excluding hydrogens is 270 g/mol. The molecule has 21 heavy (non-hydrogen) atoms. The molecule has 3 N–H and O–H groups in total. The lowest BCUT2D eigenvalue weighted by molar-refractivity contribution is 0.0497. The summed E-state index contributed by atoms with van der Waals surface area (Å²) in [5.74, 6) is 0.515. The van der Waals surface area contributed by atoms with Gasteiger partial charge in [-0.1, -0.05) is 17.3 Å². The highest BCUT2D eigenvalue weighted by molar-refractivity contribution is 5.99. The summed E-state index contributed by atoms with van der Waals surface area (Å²) in [4.78, 5) is 14.1. The van der Waals surface area contributed by atoms with Crippen LogP contribution in [0.2, 0.25) is 0 Å². The van der Waals surface area contributed by atoms with Crippen molar-refractivity contribution in [3.8, 4) is 0 Å². The summed E-state index contributed by atoms with van der Waals surface area (Å²) in [7, 11) is 1.81. The third-order valence-corrected chi connectivity index (χ3v) is 3.75. The fourth-order valence-electron chi connectivity index (χ4n) is 2.46. The molecule has 1 amide bonds. The molecule has 6 heteroatoms. The van der Waals surface area contributed by atoms with E-state index in [1.807, 2.05) is 7.05 Å². The van der Waals surface area contributed by atoms with Crippen molar-refractivity contribution in [1.29, 1.82) is 0 Å². The van der Waals surface area contributed by atoms with Crippen molar-refractivity contribution in [1.82, 2.24) is 4.90 Å². The Hall–Kier alpha value is -2.08. The van der Waals surface area contributed by atoms with Crippen LogP contribution in [0.15, 0.2) is 29.4 Å². The molecule has 1 aliphatic heterocycles. The number of oxime groups is 1. The molecule has 0 radical (unpaired) electrons. The van der Waals surface area contributed by atoms with E-state index in [4.69, 9.17) is 15.7 Å². The van der Waals surface area contributed by atoms with Crippen LogP contribution in [0.1, 0.15) is 28.8 Å². The number of rotatable bonds is 4. The number of carbonyl (C=O) groups excluding carboxylic acids is 1. The van der Waals surface area contributed by atoms with Crippen LogP contribution in [-0.4, -0.2) is 48.7 Å². The Bertz CT molecular complexity index is 507. The summed E-state index contributed by atoms with van der Waals surface area (Å²) in [5.41, 5.74) is 6.68. The van der Waals surface area contributed by atoms with Crippen molar-refractivity contribution in [2.45, 2.75) is 12.8 Å². The molecule has 0 atom stereocenters. The van der Waals surface area contributed by atoms with E-state index < -0.39 is 0 Å². The molecule has 0 aliphatic carbocycles. The maximum absolute atomic E-state index is 12.4. The van der Waals surface area contributed by atoms with Gasteiger partial charge in [-0.3, -0.25) is 4.79 Å². The summed E-state index contributed by atoms with van der Waals surface area (Å²) < 4.78 is 5.33. The van der Waals surface area contributed by atoms with E-state index in [-0.39, 0.29) is 11.7 Å². The summed E-state index contributed by atoms with van der Waals surface area (Å²) in [6.45, 7) is 2.30. The Morgan fingerprint density at radius 3 is 2.48 bits per heavy atom. The highest BCUT2D eigenvalue weighted by Gasteiger charge is 2.19. The Kier molecular flexibility index (Phi) is 5.16. The zero-order valence-corrected chi connectivity index (χ0v) is 12.2. The molecule has 0 aromatic heterocycles. The van der Waals surface area contributed by atoms with Crippen LogP contribution in [0.4, 0.5) is 0 Å². The van der Waals surface area contributed by atoms with Gasteiger partial charge in [0.1, 0.15) is 0 Å². The topological polar surface area (TPSA) is 88.2 Å². The average Bonchev–Trinajstić information content (AvgIpc) is 2.54. The molecule has 6 nitrogen and oxygen atoms in total. The van der Waals surface area contributed by atoms with Gasteiger partial charge in [-0.05, 0) is 30.9 Å². The third-order valence-electron chi connectivity index (χ3n) is 3.75. The van der Waals surface area contributed by atoms with Crippen molar-refractivity contribution < 1.29 is 14.7 Å². The zero-order chi connectivity index (χ0) is 15.2. The van der Waals surface area contributed by atoms with E-state index in [1.54, 1.807) is 29.2 Å². The standard InChI is InChI=1S/C15H21N3O3/c1-18(10-11-6-8-21-9-7-11)15(19)13-4-2-12(3-5-13)14(16)17-20/h2-5,11,20H,6-10H2,1H3,(H2,16,17). The van der Waals surface area contributed by atoms with Gasteiger partial charge in [0.05, 0.1) is 0 Å². The quantitative estimate of drug-likeness (QED) is 0.378. The van der Waals surface area contributed by atoms with Gasteiger partial charge in [-0.2, -0.15) is 0 Å². The first kappa shape index (κ1) is 15.3. The first-order valence-corrected chi connectivity index (χ1v) is 7.03. The summed E-state index contributed by atoms with van der Waals surface area (Å²) in [6, 6.07) is 6.72. The van der Waals surface area contributed by atoms with Crippen LogP contribution >= 0.6 is 0 Å². The normalized spacial score (nSPS) is 16.7. The smallest absolute Gasteiger partial charge is 0.253 e. The molecule has 1 aromatic carbocycles. The molecule has 0 saturated carbocycles. The number of nitrogens with two attached hydrogens (primary N) is 1. The summed E-state index contributed by atoms with van der Waals surface area (Å²) >= 11 is 0. The molecule has 1 aromatic rings. The SMILES string of the molecule is CN(CC1CCOCC1)C(=O)c1ccc(C(N)=NO)cc1. The summed E-state index contributed by atoms with van der Waals surface area (Å²) in [5, 5.41) is 11.5. The van der Waals surface area contributed by atoms with E-state index in [9.17, 15) is 4.79 Å². The average molecular weight is 291 g/mol.